The highest BCUT2D eigenvalue weighted by atomic mass is 16.5. The second-order valence-electron chi connectivity index (χ2n) is 5.51. The Morgan fingerprint density at radius 3 is 2.22 bits per heavy atom. The van der Waals surface area contributed by atoms with Crippen molar-refractivity contribution >= 4 is 16.7 Å². The number of rotatable bonds is 4. The average molecular weight is 305 g/mol. The Labute approximate surface area is 135 Å². The molecular weight excluding hydrogens is 286 g/mol. The van der Waals surface area contributed by atoms with E-state index in [9.17, 15) is 4.79 Å². The predicted molar refractivity (Wildman–Crippen MR) is 92.8 cm³/mol. The Balaban J connectivity index is 1.91. The quantitative estimate of drug-likeness (QED) is 0.778. The molecule has 3 nitrogen and oxygen atoms in total. The number of fused-ring (bicyclic) bond motifs is 1. The molecule has 0 radical (unpaired) electrons. The minimum absolute atomic E-state index is 0.0696. The minimum Gasteiger partial charge on any atom is -0.496 e. The van der Waals surface area contributed by atoms with E-state index >= 15 is 0 Å². The van der Waals surface area contributed by atoms with Crippen LogP contribution in [0.4, 0.5) is 0 Å². The zero-order chi connectivity index (χ0) is 16.2. The fraction of sp³-hybridized carbons (Fsp3) is 0.150. The molecule has 0 unspecified atom stereocenters. The van der Waals surface area contributed by atoms with Crippen LogP contribution in [0.15, 0.2) is 66.7 Å². The van der Waals surface area contributed by atoms with Gasteiger partial charge in [0, 0.05) is 0 Å². The Hall–Kier alpha value is -2.81. The van der Waals surface area contributed by atoms with Gasteiger partial charge in [0.05, 0.1) is 18.7 Å². The lowest BCUT2D eigenvalue weighted by Gasteiger charge is -2.16. The fourth-order valence-corrected chi connectivity index (χ4v) is 2.67. The Morgan fingerprint density at radius 2 is 1.57 bits per heavy atom. The molecule has 0 spiro atoms. The zero-order valence-electron chi connectivity index (χ0n) is 13.2. The molecule has 0 aliphatic heterocycles. The lowest BCUT2D eigenvalue weighted by Crippen LogP contribution is -2.27. The fourth-order valence-electron chi connectivity index (χ4n) is 2.67. The molecule has 23 heavy (non-hydrogen) atoms. The van der Waals surface area contributed by atoms with Crippen LogP contribution in [0.5, 0.6) is 5.75 Å². The van der Waals surface area contributed by atoms with Crippen LogP contribution in [-0.4, -0.2) is 13.0 Å². The van der Waals surface area contributed by atoms with Gasteiger partial charge in [0.15, 0.2) is 0 Å². The summed E-state index contributed by atoms with van der Waals surface area (Å²) >= 11 is 0. The van der Waals surface area contributed by atoms with Gasteiger partial charge >= 0.3 is 0 Å². The van der Waals surface area contributed by atoms with Crippen LogP contribution < -0.4 is 10.1 Å². The Bertz CT molecular complexity index is 827. The molecule has 3 heteroatoms. The van der Waals surface area contributed by atoms with E-state index in [1.165, 1.54) is 0 Å². The first-order valence-corrected chi connectivity index (χ1v) is 7.61. The summed E-state index contributed by atoms with van der Waals surface area (Å²) in [6.45, 7) is 1.97. The van der Waals surface area contributed by atoms with Gasteiger partial charge in [0.2, 0.25) is 0 Å². The summed E-state index contributed by atoms with van der Waals surface area (Å²) in [6.07, 6.45) is 0. The molecule has 0 aliphatic rings. The Morgan fingerprint density at radius 1 is 0.957 bits per heavy atom. The molecule has 1 N–H and O–H groups in total. The molecule has 0 fully saturated rings. The Kier molecular flexibility index (Phi) is 4.29. The maximum Gasteiger partial charge on any atom is 0.255 e. The number of hydrogen-bond acceptors (Lipinski definition) is 2. The van der Waals surface area contributed by atoms with Crippen LogP contribution in [0.1, 0.15) is 28.9 Å². The highest BCUT2D eigenvalue weighted by Crippen LogP contribution is 2.26. The van der Waals surface area contributed by atoms with Crippen LogP contribution in [0.2, 0.25) is 0 Å². The van der Waals surface area contributed by atoms with E-state index in [1.807, 2.05) is 73.7 Å². The highest BCUT2D eigenvalue weighted by molar-refractivity contribution is 6.01. The molecule has 1 amide bonds. The molecule has 0 aliphatic carbocycles. The maximum atomic E-state index is 12.7. The number of benzene rings is 3. The first-order chi connectivity index (χ1) is 11.2. The van der Waals surface area contributed by atoms with E-state index in [-0.39, 0.29) is 11.9 Å². The van der Waals surface area contributed by atoms with Crippen LogP contribution in [0.25, 0.3) is 10.8 Å². The largest absolute Gasteiger partial charge is 0.496 e. The van der Waals surface area contributed by atoms with Gasteiger partial charge in [0.25, 0.3) is 5.91 Å². The zero-order valence-corrected chi connectivity index (χ0v) is 13.2. The highest BCUT2D eigenvalue weighted by Gasteiger charge is 2.16. The van der Waals surface area contributed by atoms with Gasteiger partial charge in [-0.1, -0.05) is 54.6 Å². The average Bonchev–Trinajstić information content (AvgIpc) is 2.61. The van der Waals surface area contributed by atoms with Crippen molar-refractivity contribution in [3.05, 3.63) is 77.9 Å². The molecule has 0 bridgehead atoms. The maximum absolute atomic E-state index is 12.7. The standard InChI is InChI=1S/C20H19NO2/c1-14(15-8-4-3-5-9-15)21-20(22)18-12-16-10-6-7-11-17(16)13-19(18)23-2/h3-14H,1-2H3,(H,21,22)/t14-/m1/s1. The molecule has 116 valence electrons. The summed E-state index contributed by atoms with van der Waals surface area (Å²) in [5, 5.41) is 5.11. The van der Waals surface area contributed by atoms with Crippen molar-refractivity contribution < 1.29 is 9.53 Å². The summed E-state index contributed by atoms with van der Waals surface area (Å²) in [4.78, 5) is 12.7. The number of ether oxygens (including phenoxy) is 1. The van der Waals surface area contributed by atoms with Crippen LogP contribution in [0.3, 0.4) is 0 Å². The third-order valence-corrected chi connectivity index (χ3v) is 3.96. The number of nitrogens with one attached hydrogen (secondary N) is 1. The van der Waals surface area contributed by atoms with E-state index in [0.29, 0.717) is 11.3 Å². The summed E-state index contributed by atoms with van der Waals surface area (Å²) < 4.78 is 5.40. The number of carbonyl (C=O) groups is 1. The van der Waals surface area contributed by atoms with Gasteiger partial charge in [-0.15, -0.1) is 0 Å². The van der Waals surface area contributed by atoms with Gasteiger partial charge in [-0.3, -0.25) is 4.79 Å². The monoisotopic (exact) mass is 305 g/mol. The molecule has 3 aromatic rings. The molecule has 3 rings (SSSR count). The molecule has 0 saturated heterocycles. The molecular formula is C20H19NO2. The van der Waals surface area contributed by atoms with Gasteiger partial charge in [-0.05, 0) is 35.4 Å². The second-order valence-corrected chi connectivity index (χ2v) is 5.51. The number of amides is 1. The van der Waals surface area contributed by atoms with Gasteiger partial charge in [0.1, 0.15) is 5.75 Å². The molecule has 0 saturated carbocycles. The van der Waals surface area contributed by atoms with E-state index < -0.39 is 0 Å². The lowest BCUT2D eigenvalue weighted by molar-refractivity contribution is 0.0937. The predicted octanol–water partition coefficient (Wildman–Crippen LogP) is 4.34. The third-order valence-electron chi connectivity index (χ3n) is 3.96. The number of methoxy groups -OCH3 is 1. The summed E-state index contributed by atoms with van der Waals surface area (Å²) in [5.74, 6) is 0.449. The van der Waals surface area contributed by atoms with Crippen molar-refractivity contribution in [2.75, 3.05) is 7.11 Å². The lowest BCUT2D eigenvalue weighted by atomic mass is 10.0. The van der Waals surface area contributed by atoms with E-state index in [2.05, 4.69) is 5.32 Å². The van der Waals surface area contributed by atoms with Gasteiger partial charge in [-0.25, -0.2) is 0 Å². The van der Waals surface area contributed by atoms with E-state index in [0.717, 1.165) is 16.3 Å². The number of hydrogen-bond donors (Lipinski definition) is 1. The summed E-state index contributed by atoms with van der Waals surface area (Å²) in [7, 11) is 1.58. The first kappa shape index (κ1) is 15.1. The van der Waals surface area contributed by atoms with Crippen molar-refractivity contribution in [3.63, 3.8) is 0 Å². The molecule has 1 atom stereocenters. The normalized spacial score (nSPS) is 11.9. The van der Waals surface area contributed by atoms with Crippen molar-refractivity contribution in [1.82, 2.24) is 5.32 Å². The summed E-state index contributed by atoms with van der Waals surface area (Å²) in [5.41, 5.74) is 1.62. The molecule has 3 aromatic carbocycles. The molecule has 0 heterocycles. The van der Waals surface area contributed by atoms with Gasteiger partial charge in [-0.2, -0.15) is 0 Å². The van der Waals surface area contributed by atoms with Gasteiger partial charge < -0.3 is 10.1 Å². The SMILES string of the molecule is COc1cc2ccccc2cc1C(=O)N[C@H](C)c1ccccc1. The van der Waals surface area contributed by atoms with Crippen molar-refractivity contribution in [1.29, 1.82) is 0 Å². The van der Waals surface area contributed by atoms with Crippen molar-refractivity contribution in [2.45, 2.75) is 13.0 Å². The first-order valence-electron chi connectivity index (χ1n) is 7.61. The topological polar surface area (TPSA) is 38.3 Å². The molecule has 0 aromatic heterocycles. The van der Waals surface area contributed by atoms with E-state index in [1.54, 1.807) is 7.11 Å². The third kappa shape index (κ3) is 3.19. The van der Waals surface area contributed by atoms with Crippen molar-refractivity contribution in [3.8, 4) is 5.75 Å². The number of carbonyl (C=O) groups excluding carboxylic acids is 1. The second kappa shape index (κ2) is 6.53. The minimum atomic E-state index is -0.135. The van der Waals surface area contributed by atoms with Crippen LogP contribution in [-0.2, 0) is 0 Å². The summed E-state index contributed by atoms with van der Waals surface area (Å²) in [6, 6.07) is 21.5. The van der Waals surface area contributed by atoms with Crippen LogP contribution >= 0.6 is 0 Å². The van der Waals surface area contributed by atoms with E-state index in [4.69, 9.17) is 4.74 Å². The van der Waals surface area contributed by atoms with Crippen molar-refractivity contribution in [2.24, 2.45) is 0 Å². The smallest absolute Gasteiger partial charge is 0.255 e. The van der Waals surface area contributed by atoms with Crippen LogP contribution in [0, 0.1) is 0 Å².